The molecule has 0 aliphatic rings. The summed E-state index contributed by atoms with van der Waals surface area (Å²) in [5.74, 6) is -0.525. The van der Waals surface area contributed by atoms with Gasteiger partial charge in [-0.25, -0.2) is 5.43 Å². The quantitative estimate of drug-likeness (QED) is 0.308. The fraction of sp³-hybridized carbons (Fsp3) is 0.0769. The minimum Gasteiger partial charge on any atom is -0.507 e. The molecule has 5 aromatic rings. The molecule has 5 nitrogen and oxygen atoms in total. The van der Waals surface area contributed by atoms with Crippen LogP contribution in [0.4, 0.5) is 0 Å². The van der Waals surface area contributed by atoms with Crippen molar-refractivity contribution in [2.24, 2.45) is 5.10 Å². The Morgan fingerprint density at radius 1 is 0.935 bits per heavy atom. The van der Waals surface area contributed by atoms with Crippen LogP contribution in [0.3, 0.4) is 0 Å². The van der Waals surface area contributed by atoms with E-state index < -0.39 is 5.91 Å². The highest BCUT2D eigenvalue weighted by molar-refractivity contribution is 6.09. The molecule has 0 fully saturated rings. The van der Waals surface area contributed by atoms with Crippen molar-refractivity contribution in [1.29, 1.82) is 0 Å². The second-order valence-corrected chi connectivity index (χ2v) is 7.45. The van der Waals surface area contributed by atoms with Crippen molar-refractivity contribution in [3.8, 4) is 5.75 Å². The first-order valence-electron chi connectivity index (χ1n) is 10.2. The van der Waals surface area contributed by atoms with E-state index in [0.717, 1.165) is 28.3 Å². The van der Waals surface area contributed by atoms with Gasteiger partial charge in [-0.3, -0.25) is 4.79 Å². The molecular weight excluding hydrogens is 386 g/mol. The number of aryl methyl sites for hydroxylation is 1. The summed E-state index contributed by atoms with van der Waals surface area (Å²) in [6.45, 7) is 3.03. The van der Waals surface area contributed by atoms with E-state index in [4.69, 9.17) is 0 Å². The van der Waals surface area contributed by atoms with Gasteiger partial charge in [0.1, 0.15) is 5.75 Å². The van der Waals surface area contributed by atoms with Gasteiger partial charge in [0.25, 0.3) is 5.91 Å². The molecule has 31 heavy (non-hydrogen) atoms. The van der Waals surface area contributed by atoms with Crippen LogP contribution >= 0.6 is 0 Å². The molecule has 0 unspecified atom stereocenters. The van der Waals surface area contributed by atoms with Crippen LogP contribution in [-0.4, -0.2) is 21.8 Å². The van der Waals surface area contributed by atoms with Gasteiger partial charge in [-0.1, -0.05) is 48.5 Å². The second-order valence-electron chi connectivity index (χ2n) is 7.45. The van der Waals surface area contributed by atoms with Gasteiger partial charge in [-0.05, 0) is 53.6 Å². The van der Waals surface area contributed by atoms with Crippen LogP contribution in [0.5, 0.6) is 5.75 Å². The number of para-hydroxylation sites is 1. The Morgan fingerprint density at radius 2 is 1.65 bits per heavy atom. The number of amides is 1. The van der Waals surface area contributed by atoms with Gasteiger partial charge in [0.05, 0.1) is 11.8 Å². The lowest BCUT2D eigenvalue weighted by Gasteiger charge is -2.06. The summed E-state index contributed by atoms with van der Waals surface area (Å²) in [4.78, 5) is 12.5. The molecule has 0 bridgehead atoms. The number of rotatable bonds is 4. The molecule has 0 radical (unpaired) electrons. The average Bonchev–Trinajstić information content (AvgIpc) is 3.11. The molecule has 0 saturated heterocycles. The van der Waals surface area contributed by atoms with Gasteiger partial charge in [-0.2, -0.15) is 5.10 Å². The molecule has 0 spiro atoms. The third kappa shape index (κ3) is 3.30. The van der Waals surface area contributed by atoms with Gasteiger partial charge < -0.3 is 9.67 Å². The molecule has 2 N–H and O–H groups in total. The first kappa shape index (κ1) is 18.9. The van der Waals surface area contributed by atoms with Gasteiger partial charge in [0.2, 0.25) is 0 Å². The Hall–Kier alpha value is -4.12. The highest BCUT2D eigenvalue weighted by atomic mass is 16.3. The van der Waals surface area contributed by atoms with E-state index in [1.807, 2.05) is 42.5 Å². The fourth-order valence-electron chi connectivity index (χ4n) is 4.13. The lowest BCUT2D eigenvalue weighted by Crippen LogP contribution is -2.17. The number of benzene rings is 4. The van der Waals surface area contributed by atoms with Crippen molar-refractivity contribution in [3.05, 3.63) is 90.0 Å². The number of nitrogens with one attached hydrogen (secondary N) is 1. The fourth-order valence-corrected chi connectivity index (χ4v) is 4.13. The third-order valence-corrected chi connectivity index (χ3v) is 5.60. The summed E-state index contributed by atoms with van der Waals surface area (Å²) >= 11 is 0. The van der Waals surface area contributed by atoms with Crippen LogP contribution < -0.4 is 5.43 Å². The number of aromatic nitrogens is 1. The monoisotopic (exact) mass is 407 g/mol. The Kier molecular flexibility index (Phi) is 4.64. The highest BCUT2D eigenvalue weighted by Gasteiger charge is 2.12. The summed E-state index contributed by atoms with van der Waals surface area (Å²) in [6.07, 6.45) is 1.62. The number of carbonyl (C=O) groups excluding carboxylic acids is 1. The summed E-state index contributed by atoms with van der Waals surface area (Å²) in [7, 11) is 0. The van der Waals surface area contributed by atoms with Crippen molar-refractivity contribution in [2.75, 3.05) is 0 Å². The van der Waals surface area contributed by atoms with E-state index in [1.165, 1.54) is 16.4 Å². The lowest BCUT2D eigenvalue weighted by molar-refractivity contribution is 0.0952. The van der Waals surface area contributed by atoms with E-state index in [2.05, 4.69) is 46.3 Å². The SMILES string of the molecule is CCn1c2ccccc2c2cc(/C=N/NC(=O)c3cc4ccccc4cc3O)ccc21. The summed E-state index contributed by atoms with van der Waals surface area (Å²) in [5.41, 5.74) is 5.97. The highest BCUT2D eigenvalue weighted by Crippen LogP contribution is 2.29. The molecule has 0 saturated carbocycles. The topological polar surface area (TPSA) is 66.6 Å². The average molecular weight is 407 g/mol. The number of hydrazone groups is 1. The minimum atomic E-state index is -0.455. The maximum Gasteiger partial charge on any atom is 0.275 e. The van der Waals surface area contributed by atoms with Crippen molar-refractivity contribution in [2.45, 2.75) is 13.5 Å². The molecule has 152 valence electrons. The number of hydrogen-bond donors (Lipinski definition) is 2. The molecular formula is C26H21N3O2. The van der Waals surface area contributed by atoms with Crippen LogP contribution in [0, 0.1) is 0 Å². The molecule has 1 heterocycles. The number of nitrogens with zero attached hydrogens (tertiary/aromatic N) is 2. The zero-order chi connectivity index (χ0) is 21.4. The Balaban J connectivity index is 1.42. The number of phenolic OH excluding ortho intramolecular Hbond substituents is 1. The van der Waals surface area contributed by atoms with Crippen LogP contribution in [0.25, 0.3) is 32.6 Å². The Labute approximate surface area is 179 Å². The first-order valence-corrected chi connectivity index (χ1v) is 10.2. The maximum absolute atomic E-state index is 12.5. The first-order chi connectivity index (χ1) is 15.2. The zero-order valence-electron chi connectivity index (χ0n) is 17.0. The molecule has 0 aliphatic heterocycles. The Morgan fingerprint density at radius 3 is 2.45 bits per heavy atom. The van der Waals surface area contributed by atoms with Gasteiger partial charge in [-0.15, -0.1) is 0 Å². The van der Waals surface area contributed by atoms with Crippen molar-refractivity contribution in [1.82, 2.24) is 9.99 Å². The van der Waals surface area contributed by atoms with Gasteiger partial charge in [0.15, 0.2) is 0 Å². The molecule has 0 atom stereocenters. The Bertz CT molecular complexity index is 1480. The zero-order valence-corrected chi connectivity index (χ0v) is 17.0. The van der Waals surface area contributed by atoms with Crippen molar-refractivity contribution < 1.29 is 9.90 Å². The summed E-state index contributed by atoms with van der Waals surface area (Å²) in [6, 6.07) is 25.3. The number of aromatic hydroxyl groups is 1. The number of hydrogen-bond acceptors (Lipinski definition) is 3. The second kappa shape index (κ2) is 7.61. The van der Waals surface area contributed by atoms with Crippen LogP contribution in [0.15, 0.2) is 84.0 Å². The molecule has 1 aromatic heterocycles. The van der Waals surface area contributed by atoms with Crippen molar-refractivity contribution >= 4 is 44.7 Å². The smallest absolute Gasteiger partial charge is 0.275 e. The van der Waals surface area contributed by atoms with E-state index in [-0.39, 0.29) is 11.3 Å². The van der Waals surface area contributed by atoms with Gasteiger partial charge in [0, 0.05) is 28.4 Å². The van der Waals surface area contributed by atoms with Gasteiger partial charge >= 0.3 is 0 Å². The summed E-state index contributed by atoms with van der Waals surface area (Å²) < 4.78 is 2.29. The molecule has 0 aliphatic carbocycles. The van der Waals surface area contributed by atoms with Crippen LogP contribution in [0.2, 0.25) is 0 Å². The minimum absolute atomic E-state index is 0.0693. The molecule has 5 rings (SSSR count). The normalized spacial score (nSPS) is 11.6. The third-order valence-electron chi connectivity index (χ3n) is 5.60. The van der Waals surface area contributed by atoms with E-state index >= 15 is 0 Å². The number of carbonyl (C=O) groups is 1. The number of phenols is 1. The van der Waals surface area contributed by atoms with Crippen LogP contribution in [-0.2, 0) is 6.54 Å². The predicted octanol–water partition coefficient (Wildman–Crippen LogP) is 5.44. The largest absolute Gasteiger partial charge is 0.507 e. The maximum atomic E-state index is 12.5. The number of fused-ring (bicyclic) bond motifs is 4. The van der Waals surface area contributed by atoms with Crippen molar-refractivity contribution in [3.63, 3.8) is 0 Å². The van der Waals surface area contributed by atoms with E-state index in [1.54, 1.807) is 18.3 Å². The molecule has 4 aromatic carbocycles. The molecule has 5 heteroatoms. The lowest BCUT2D eigenvalue weighted by atomic mass is 10.1. The molecule has 1 amide bonds. The van der Waals surface area contributed by atoms with Crippen LogP contribution in [0.1, 0.15) is 22.8 Å². The van der Waals surface area contributed by atoms with E-state index in [0.29, 0.717) is 0 Å². The van der Waals surface area contributed by atoms with E-state index in [9.17, 15) is 9.90 Å². The predicted molar refractivity (Wildman–Crippen MR) is 126 cm³/mol. The summed E-state index contributed by atoms with van der Waals surface area (Å²) in [5, 5.41) is 18.4. The standard InChI is InChI=1S/C26H21N3O2/c1-2-29-23-10-6-5-9-20(23)21-13-17(11-12-24(21)29)16-27-28-26(31)22-14-18-7-3-4-8-19(18)15-25(22)30/h3-16,30H,2H2,1H3,(H,28,31)/b27-16+.